The maximum absolute atomic E-state index is 13.2. The van der Waals surface area contributed by atoms with Crippen LogP contribution in [0.15, 0.2) is 52.7 Å². The average molecular weight is 424 g/mol. The maximum Gasteiger partial charge on any atom is 0.322 e. The zero-order valence-electron chi connectivity index (χ0n) is 17.2. The minimum absolute atomic E-state index is 0.0540. The van der Waals surface area contributed by atoms with Gasteiger partial charge in [-0.3, -0.25) is 4.90 Å². The van der Waals surface area contributed by atoms with Crippen LogP contribution in [0.1, 0.15) is 31.3 Å². The van der Waals surface area contributed by atoms with Gasteiger partial charge in [-0.05, 0) is 55.8 Å². The molecule has 0 saturated heterocycles. The molecule has 0 spiro atoms. The van der Waals surface area contributed by atoms with Crippen LogP contribution in [0.2, 0.25) is 0 Å². The van der Waals surface area contributed by atoms with Gasteiger partial charge in [0.05, 0.1) is 18.7 Å². The first-order valence-corrected chi connectivity index (χ1v) is 9.68. The Morgan fingerprint density at radius 2 is 2.00 bits per heavy atom. The quantitative estimate of drug-likeness (QED) is 0.639. The second kappa shape index (κ2) is 8.10. The van der Waals surface area contributed by atoms with E-state index in [1.807, 2.05) is 6.92 Å². The summed E-state index contributed by atoms with van der Waals surface area (Å²) in [6.45, 7) is 4.11. The summed E-state index contributed by atoms with van der Waals surface area (Å²) in [5, 5.41) is 17.2. The lowest BCUT2D eigenvalue weighted by atomic mass is 9.94. The van der Waals surface area contributed by atoms with Crippen LogP contribution >= 0.6 is 0 Å². The Kier molecular flexibility index (Phi) is 5.33. The van der Waals surface area contributed by atoms with Crippen molar-refractivity contribution >= 4 is 11.6 Å². The van der Waals surface area contributed by atoms with Gasteiger partial charge in [0.2, 0.25) is 5.82 Å². The van der Waals surface area contributed by atoms with E-state index >= 15 is 0 Å². The molecule has 0 fully saturated rings. The fourth-order valence-electron chi connectivity index (χ4n) is 3.62. The standard InChI is InChI=1S/C22H21FN4O4/c1-4-27-12(2)18(21-25-20(26-31-21)13-5-8-15(23)9-6-13)19(24-22(27)29)14-7-10-17(30-3)16(28)11-14/h5-11,19,28H,4H2,1-3H3,(H,24,29). The van der Waals surface area contributed by atoms with E-state index in [4.69, 9.17) is 9.26 Å². The first kappa shape index (κ1) is 20.4. The maximum atomic E-state index is 13.2. The van der Waals surface area contributed by atoms with Gasteiger partial charge in [-0.15, -0.1) is 0 Å². The predicted molar refractivity (Wildman–Crippen MR) is 111 cm³/mol. The number of ether oxygens (including phenoxy) is 1. The fraction of sp³-hybridized carbons (Fsp3) is 0.227. The van der Waals surface area contributed by atoms with Crippen molar-refractivity contribution in [3.63, 3.8) is 0 Å². The SMILES string of the molecule is CCN1C(=O)NC(c2ccc(OC)c(O)c2)C(c2nc(-c3ccc(F)cc3)no2)=C1C. The average Bonchev–Trinajstić information content (AvgIpc) is 3.23. The topological polar surface area (TPSA) is 101 Å². The number of methoxy groups -OCH3 is 1. The molecule has 1 aliphatic rings. The van der Waals surface area contributed by atoms with Crippen LogP contribution in [0.3, 0.4) is 0 Å². The number of urea groups is 1. The zero-order chi connectivity index (χ0) is 22.1. The monoisotopic (exact) mass is 424 g/mol. The number of amides is 2. The first-order valence-electron chi connectivity index (χ1n) is 9.68. The summed E-state index contributed by atoms with van der Waals surface area (Å²) in [5.41, 5.74) is 2.48. The third-order valence-electron chi connectivity index (χ3n) is 5.21. The molecule has 3 aromatic rings. The highest BCUT2D eigenvalue weighted by molar-refractivity contribution is 5.87. The van der Waals surface area contributed by atoms with Crippen molar-refractivity contribution < 1.29 is 23.6 Å². The number of carbonyl (C=O) groups excluding carboxylic acids is 1. The minimum Gasteiger partial charge on any atom is -0.504 e. The van der Waals surface area contributed by atoms with Crippen LogP contribution in [-0.2, 0) is 0 Å². The molecule has 0 bridgehead atoms. The summed E-state index contributed by atoms with van der Waals surface area (Å²) in [6, 6.07) is 9.74. The van der Waals surface area contributed by atoms with Crippen LogP contribution in [0, 0.1) is 5.82 Å². The van der Waals surface area contributed by atoms with E-state index in [9.17, 15) is 14.3 Å². The van der Waals surface area contributed by atoms with E-state index in [0.29, 0.717) is 40.5 Å². The lowest BCUT2D eigenvalue weighted by Crippen LogP contribution is -2.45. The number of rotatable bonds is 5. The third-order valence-corrected chi connectivity index (χ3v) is 5.21. The molecule has 1 aliphatic heterocycles. The van der Waals surface area contributed by atoms with Crippen molar-refractivity contribution in [2.24, 2.45) is 0 Å². The van der Waals surface area contributed by atoms with Gasteiger partial charge in [0, 0.05) is 17.8 Å². The predicted octanol–water partition coefficient (Wildman–Crippen LogP) is 4.11. The highest BCUT2D eigenvalue weighted by Crippen LogP contribution is 2.39. The van der Waals surface area contributed by atoms with Gasteiger partial charge < -0.3 is 19.7 Å². The third kappa shape index (κ3) is 3.70. The van der Waals surface area contributed by atoms with Gasteiger partial charge in [-0.1, -0.05) is 11.2 Å². The number of carbonyl (C=O) groups is 1. The summed E-state index contributed by atoms with van der Waals surface area (Å²) >= 11 is 0. The van der Waals surface area contributed by atoms with Gasteiger partial charge in [0.25, 0.3) is 5.89 Å². The molecule has 160 valence electrons. The number of aromatic hydroxyl groups is 1. The highest BCUT2D eigenvalue weighted by Gasteiger charge is 2.35. The molecule has 31 heavy (non-hydrogen) atoms. The molecule has 1 aromatic heterocycles. The summed E-state index contributed by atoms with van der Waals surface area (Å²) in [7, 11) is 1.46. The molecule has 2 amide bonds. The second-order valence-corrected chi connectivity index (χ2v) is 6.99. The Morgan fingerprint density at radius 3 is 2.65 bits per heavy atom. The van der Waals surface area contributed by atoms with Gasteiger partial charge in [0.1, 0.15) is 5.82 Å². The number of aromatic nitrogens is 2. The van der Waals surface area contributed by atoms with Crippen molar-refractivity contribution in [2.45, 2.75) is 19.9 Å². The summed E-state index contributed by atoms with van der Waals surface area (Å²) < 4.78 is 23.9. The van der Waals surface area contributed by atoms with Crippen molar-refractivity contribution in [1.29, 1.82) is 0 Å². The van der Waals surface area contributed by atoms with E-state index in [1.165, 1.54) is 25.3 Å². The number of phenols is 1. The van der Waals surface area contributed by atoms with Crippen molar-refractivity contribution in [3.05, 3.63) is 65.4 Å². The number of hydrogen-bond acceptors (Lipinski definition) is 6. The number of nitrogens with one attached hydrogen (secondary N) is 1. The van der Waals surface area contributed by atoms with Gasteiger partial charge in [-0.25, -0.2) is 9.18 Å². The Labute approximate surface area is 177 Å². The number of hydrogen-bond donors (Lipinski definition) is 2. The van der Waals surface area contributed by atoms with E-state index in [2.05, 4.69) is 15.5 Å². The van der Waals surface area contributed by atoms with Crippen molar-refractivity contribution in [1.82, 2.24) is 20.4 Å². The molecule has 2 heterocycles. The largest absolute Gasteiger partial charge is 0.504 e. The highest BCUT2D eigenvalue weighted by atomic mass is 19.1. The lowest BCUT2D eigenvalue weighted by molar-refractivity contribution is 0.207. The van der Waals surface area contributed by atoms with Crippen LogP contribution in [0.4, 0.5) is 9.18 Å². The molecule has 2 N–H and O–H groups in total. The van der Waals surface area contributed by atoms with E-state index < -0.39 is 6.04 Å². The smallest absolute Gasteiger partial charge is 0.322 e. The number of benzene rings is 2. The van der Waals surface area contributed by atoms with Gasteiger partial charge >= 0.3 is 6.03 Å². The molecule has 2 aromatic carbocycles. The number of phenolic OH excluding ortho intramolecular Hbond substituents is 1. The van der Waals surface area contributed by atoms with E-state index in [1.54, 1.807) is 36.1 Å². The molecule has 1 atom stereocenters. The Hall–Kier alpha value is -3.88. The summed E-state index contributed by atoms with van der Waals surface area (Å²) in [4.78, 5) is 18.7. The Bertz CT molecular complexity index is 1160. The Morgan fingerprint density at radius 1 is 1.26 bits per heavy atom. The molecule has 9 heteroatoms. The Balaban J connectivity index is 1.81. The normalized spacial score (nSPS) is 16.5. The molecule has 8 nitrogen and oxygen atoms in total. The van der Waals surface area contributed by atoms with Crippen LogP contribution in [0.5, 0.6) is 11.5 Å². The molecule has 4 rings (SSSR count). The zero-order valence-corrected chi connectivity index (χ0v) is 17.2. The second-order valence-electron chi connectivity index (χ2n) is 6.99. The molecule has 0 radical (unpaired) electrons. The van der Waals surface area contributed by atoms with Gasteiger partial charge in [0.15, 0.2) is 11.5 Å². The first-order chi connectivity index (χ1) is 14.9. The molecule has 0 aliphatic carbocycles. The van der Waals surface area contributed by atoms with Gasteiger partial charge in [-0.2, -0.15) is 4.98 Å². The van der Waals surface area contributed by atoms with E-state index in [0.717, 1.165) is 0 Å². The molecular formula is C22H21FN4O4. The molecular weight excluding hydrogens is 403 g/mol. The van der Waals surface area contributed by atoms with Crippen molar-refractivity contribution in [2.75, 3.05) is 13.7 Å². The molecule has 0 saturated carbocycles. The van der Waals surface area contributed by atoms with Crippen LogP contribution in [-0.4, -0.2) is 39.8 Å². The fourth-order valence-corrected chi connectivity index (χ4v) is 3.62. The number of halogens is 1. The van der Waals surface area contributed by atoms with E-state index in [-0.39, 0.29) is 23.5 Å². The minimum atomic E-state index is -0.631. The number of allylic oxidation sites excluding steroid dienone is 1. The van der Waals surface area contributed by atoms with Crippen molar-refractivity contribution in [3.8, 4) is 22.9 Å². The lowest BCUT2D eigenvalue weighted by Gasteiger charge is -2.34. The van der Waals surface area contributed by atoms with Crippen LogP contribution in [0.25, 0.3) is 17.0 Å². The summed E-state index contributed by atoms with van der Waals surface area (Å²) in [5.74, 6) is 0.419. The summed E-state index contributed by atoms with van der Waals surface area (Å²) in [6.07, 6.45) is 0. The molecule has 1 unspecified atom stereocenters. The number of nitrogens with zero attached hydrogens (tertiary/aromatic N) is 3. The van der Waals surface area contributed by atoms with Crippen LogP contribution < -0.4 is 10.1 Å².